The van der Waals surface area contributed by atoms with Gasteiger partial charge in [0, 0.05) is 18.7 Å². The predicted octanol–water partition coefficient (Wildman–Crippen LogP) is 3.34. The third kappa shape index (κ3) is 3.32. The maximum Gasteiger partial charge on any atom is 0.318 e. The molecule has 0 radical (unpaired) electrons. The Morgan fingerprint density at radius 3 is 2.83 bits per heavy atom. The number of amides is 2. The lowest BCUT2D eigenvalue weighted by atomic mass is 10.0. The van der Waals surface area contributed by atoms with E-state index in [2.05, 4.69) is 5.32 Å². The zero-order chi connectivity index (χ0) is 16.9. The van der Waals surface area contributed by atoms with E-state index in [4.69, 9.17) is 13.9 Å². The van der Waals surface area contributed by atoms with Gasteiger partial charge in [-0.15, -0.1) is 0 Å². The second kappa shape index (κ2) is 7.29. The number of hydrogen-bond donors (Lipinski definition) is 1. The summed E-state index contributed by atoms with van der Waals surface area (Å²) in [6.45, 7) is 1.21. The van der Waals surface area contributed by atoms with Gasteiger partial charge >= 0.3 is 6.03 Å². The molecule has 0 bridgehead atoms. The highest BCUT2D eigenvalue weighted by Crippen LogP contribution is 2.36. The van der Waals surface area contributed by atoms with Gasteiger partial charge in [0.05, 0.1) is 32.8 Å². The molecule has 1 fully saturated rings. The van der Waals surface area contributed by atoms with Gasteiger partial charge in [0.25, 0.3) is 0 Å². The number of ether oxygens (including phenoxy) is 2. The van der Waals surface area contributed by atoms with E-state index in [0.717, 1.165) is 30.5 Å². The number of carbonyl (C=O) groups excluding carboxylic acids is 1. The first-order valence-corrected chi connectivity index (χ1v) is 8.00. The lowest BCUT2D eigenvalue weighted by molar-refractivity contribution is 0.192. The van der Waals surface area contributed by atoms with E-state index in [0.29, 0.717) is 18.0 Å². The number of rotatable bonds is 5. The summed E-state index contributed by atoms with van der Waals surface area (Å²) in [5, 5.41) is 2.95. The number of urea groups is 1. The molecule has 1 aliphatic rings. The molecule has 1 atom stereocenters. The van der Waals surface area contributed by atoms with Crippen LogP contribution in [0.5, 0.6) is 11.5 Å². The number of likely N-dealkylation sites (tertiary alicyclic amines) is 1. The Hall–Kier alpha value is -2.63. The van der Waals surface area contributed by atoms with Crippen molar-refractivity contribution in [2.75, 3.05) is 20.8 Å². The highest BCUT2D eigenvalue weighted by molar-refractivity contribution is 5.75. The Kier molecular flexibility index (Phi) is 4.93. The van der Waals surface area contributed by atoms with Crippen molar-refractivity contribution in [1.29, 1.82) is 0 Å². The van der Waals surface area contributed by atoms with Crippen molar-refractivity contribution < 1.29 is 18.7 Å². The fraction of sp³-hybridized carbons (Fsp3) is 0.389. The van der Waals surface area contributed by atoms with Crippen molar-refractivity contribution in [2.45, 2.75) is 25.4 Å². The average Bonchev–Trinajstić information content (AvgIpc) is 3.30. The SMILES string of the molecule is COc1ccc([C@@H]2CCCN2C(=O)NCc2ccoc2)cc1OC. The van der Waals surface area contributed by atoms with Crippen molar-refractivity contribution in [2.24, 2.45) is 0 Å². The monoisotopic (exact) mass is 330 g/mol. The number of methoxy groups -OCH3 is 2. The van der Waals surface area contributed by atoms with Gasteiger partial charge in [-0.2, -0.15) is 0 Å². The predicted molar refractivity (Wildman–Crippen MR) is 89.2 cm³/mol. The summed E-state index contributed by atoms with van der Waals surface area (Å²) >= 11 is 0. The number of nitrogens with zero attached hydrogens (tertiary/aromatic N) is 1. The topological polar surface area (TPSA) is 63.9 Å². The van der Waals surface area contributed by atoms with Gasteiger partial charge in [-0.25, -0.2) is 4.79 Å². The molecular weight excluding hydrogens is 308 g/mol. The fourth-order valence-corrected chi connectivity index (χ4v) is 3.09. The molecule has 1 aromatic carbocycles. The number of hydrogen-bond acceptors (Lipinski definition) is 4. The summed E-state index contributed by atoms with van der Waals surface area (Å²) in [4.78, 5) is 14.4. The van der Waals surface area contributed by atoms with Crippen LogP contribution in [0.3, 0.4) is 0 Å². The Morgan fingerprint density at radius 2 is 2.12 bits per heavy atom. The maximum atomic E-state index is 12.5. The summed E-state index contributed by atoms with van der Waals surface area (Å²) in [5.74, 6) is 1.37. The molecule has 1 N–H and O–H groups in total. The quantitative estimate of drug-likeness (QED) is 0.913. The molecule has 0 spiro atoms. The summed E-state index contributed by atoms with van der Waals surface area (Å²) in [6.07, 6.45) is 5.16. The minimum atomic E-state index is -0.0616. The molecule has 6 heteroatoms. The maximum absolute atomic E-state index is 12.5. The molecule has 128 valence electrons. The summed E-state index contributed by atoms with van der Waals surface area (Å²) < 4.78 is 15.7. The Morgan fingerprint density at radius 1 is 1.29 bits per heavy atom. The van der Waals surface area contributed by atoms with Crippen LogP contribution in [0.1, 0.15) is 30.0 Å². The van der Waals surface area contributed by atoms with Crippen LogP contribution < -0.4 is 14.8 Å². The molecule has 1 aliphatic heterocycles. The molecule has 2 heterocycles. The van der Waals surface area contributed by atoms with Crippen LogP contribution in [0.4, 0.5) is 4.79 Å². The molecule has 0 saturated carbocycles. The number of benzene rings is 1. The summed E-state index contributed by atoms with van der Waals surface area (Å²) in [5.41, 5.74) is 2.01. The van der Waals surface area contributed by atoms with Crippen LogP contribution in [0, 0.1) is 0 Å². The normalized spacial score (nSPS) is 16.9. The zero-order valence-electron chi connectivity index (χ0n) is 14.0. The summed E-state index contributed by atoms with van der Waals surface area (Å²) in [7, 11) is 3.23. The second-order valence-corrected chi connectivity index (χ2v) is 5.76. The third-order valence-corrected chi connectivity index (χ3v) is 4.33. The van der Waals surface area contributed by atoms with Crippen LogP contribution in [-0.2, 0) is 6.54 Å². The van der Waals surface area contributed by atoms with Crippen LogP contribution in [0.2, 0.25) is 0 Å². The first-order chi connectivity index (χ1) is 11.7. The van der Waals surface area contributed by atoms with Gasteiger partial charge in [-0.3, -0.25) is 0 Å². The zero-order valence-corrected chi connectivity index (χ0v) is 14.0. The van der Waals surface area contributed by atoms with Gasteiger partial charge < -0.3 is 24.1 Å². The fourth-order valence-electron chi connectivity index (χ4n) is 3.09. The van der Waals surface area contributed by atoms with Gasteiger partial charge in [0.1, 0.15) is 0 Å². The highest BCUT2D eigenvalue weighted by Gasteiger charge is 2.30. The highest BCUT2D eigenvalue weighted by atomic mass is 16.5. The van der Waals surface area contributed by atoms with E-state index in [-0.39, 0.29) is 12.1 Å². The molecule has 1 saturated heterocycles. The van der Waals surface area contributed by atoms with E-state index in [1.54, 1.807) is 26.7 Å². The lowest BCUT2D eigenvalue weighted by Gasteiger charge is -2.26. The van der Waals surface area contributed by atoms with E-state index in [9.17, 15) is 4.79 Å². The van der Waals surface area contributed by atoms with Gasteiger partial charge in [-0.05, 0) is 36.6 Å². The molecule has 24 heavy (non-hydrogen) atoms. The molecule has 0 aliphatic carbocycles. The Bertz CT molecular complexity index is 684. The molecule has 6 nitrogen and oxygen atoms in total. The van der Waals surface area contributed by atoms with Crippen molar-refractivity contribution >= 4 is 6.03 Å². The van der Waals surface area contributed by atoms with Gasteiger partial charge in [0.15, 0.2) is 11.5 Å². The van der Waals surface area contributed by atoms with Crippen molar-refractivity contribution in [3.63, 3.8) is 0 Å². The van der Waals surface area contributed by atoms with Crippen LogP contribution in [0.15, 0.2) is 41.2 Å². The lowest BCUT2D eigenvalue weighted by Crippen LogP contribution is -2.39. The Labute approximate surface area is 141 Å². The van der Waals surface area contributed by atoms with Crippen molar-refractivity contribution in [3.8, 4) is 11.5 Å². The third-order valence-electron chi connectivity index (χ3n) is 4.33. The first kappa shape index (κ1) is 16.2. The van der Waals surface area contributed by atoms with E-state index in [1.165, 1.54) is 0 Å². The van der Waals surface area contributed by atoms with Crippen molar-refractivity contribution in [3.05, 3.63) is 47.9 Å². The molecule has 1 aromatic heterocycles. The van der Waals surface area contributed by atoms with Crippen LogP contribution >= 0.6 is 0 Å². The molecule has 2 aromatic rings. The minimum Gasteiger partial charge on any atom is -0.493 e. The number of carbonyl (C=O) groups is 1. The van der Waals surface area contributed by atoms with E-state index in [1.807, 2.05) is 29.2 Å². The number of nitrogens with one attached hydrogen (secondary N) is 1. The Balaban J connectivity index is 1.71. The molecule has 2 amide bonds. The molecule has 0 unspecified atom stereocenters. The molecule has 3 rings (SSSR count). The largest absolute Gasteiger partial charge is 0.493 e. The van der Waals surface area contributed by atoms with E-state index < -0.39 is 0 Å². The van der Waals surface area contributed by atoms with Crippen LogP contribution in [-0.4, -0.2) is 31.7 Å². The van der Waals surface area contributed by atoms with Gasteiger partial charge in [-0.1, -0.05) is 6.07 Å². The summed E-state index contributed by atoms with van der Waals surface area (Å²) in [6, 6.07) is 7.66. The first-order valence-electron chi connectivity index (χ1n) is 8.00. The van der Waals surface area contributed by atoms with Crippen LogP contribution in [0.25, 0.3) is 0 Å². The average molecular weight is 330 g/mol. The molecular formula is C18H22N2O4. The smallest absolute Gasteiger partial charge is 0.318 e. The van der Waals surface area contributed by atoms with E-state index >= 15 is 0 Å². The number of furan rings is 1. The second-order valence-electron chi connectivity index (χ2n) is 5.76. The van der Waals surface area contributed by atoms with Gasteiger partial charge in [0.2, 0.25) is 0 Å². The minimum absolute atomic E-state index is 0.0501. The van der Waals surface area contributed by atoms with Crippen molar-refractivity contribution in [1.82, 2.24) is 10.2 Å². The standard InChI is InChI=1S/C18H22N2O4/c1-22-16-6-5-14(10-17(16)23-2)15-4-3-8-20(15)18(21)19-11-13-7-9-24-12-13/h5-7,9-10,12,15H,3-4,8,11H2,1-2H3,(H,19,21)/t15-/m0/s1.